The zero-order chi connectivity index (χ0) is 10.4. The van der Waals surface area contributed by atoms with Crippen LogP contribution in [-0.4, -0.2) is 23.2 Å². The summed E-state index contributed by atoms with van der Waals surface area (Å²) < 4.78 is 0. The van der Waals surface area contributed by atoms with Gasteiger partial charge in [0.15, 0.2) is 0 Å². The normalized spacial score (nSPS) is 9.50. The average Bonchev–Trinajstić information content (AvgIpc) is 2.19. The summed E-state index contributed by atoms with van der Waals surface area (Å²) >= 11 is 0. The summed E-state index contributed by atoms with van der Waals surface area (Å²) in [5, 5.41) is 2.51. The molecule has 1 N–H and O–H groups in total. The van der Waals surface area contributed by atoms with Crippen LogP contribution in [0.3, 0.4) is 0 Å². The first-order valence-corrected chi connectivity index (χ1v) is 4.38. The summed E-state index contributed by atoms with van der Waals surface area (Å²) in [5.41, 5.74) is 1.04. The van der Waals surface area contributed by atoms with Gasteiger partial charge in [-0.25, -0.2) is 0 Å². The zero-order valence-electron chi connectivity index (χ0n) is 7.99. The molecule has 0 atom stereocenters. The van der Waals surface area contributed by atoms with Crippen molar-refractivity contribution in [3.8, 4) is 0 Å². The van der Waals surface area contributed by atoms with E-state index in [0.717, 1.165) is 5.56 Å². The van der Waals surface area contributed by atoms with Crippen molar-refractivity contribution in [1.82, 2.24) is 10.3 Å². The van der Waals surface area contributed by atoms with Gasteiger partial charge in [0.1, 0.15) is 0 Å². The maximum atomic E-state index is 10.9. The predicted molar refractivity (Wildman–Crippen MR) is 51.6 cm³/mol. The lowest BCUT2D eigenvalue weighted by atomic mass is 10.2. The fraction of sp³-hybridized carbons (Fsp3) is 0.300. The monoisotopic (exact) mass is 192 g/mol. The molecule has 4 nitrogen and oxygen atoms in total. The highest BCUT2D eigenvalue weighted by Crippen LogP contribution is 1.95. The highest BCUT2D eigenvalue weighted by molar-refractivity contribution is 6.35. The van der Waals surface area contributed by atoms with Crippen molar-refractivity contribution in [1.29, 1.82) is 0 Å². The van der Waals surface area contributed by atoms with E-state index in [2.05, 4.69) is 10.3 Å². The van der Waals surface area contributed by atoms with E-state index in [9.17, 15) is 9.59 Å². The minimum absolute atomic E-state index is 0.462. The molecule has 14 heavy (non-hydrogen) atoms. The minimum atomic E-state index is -0.533. The van der Waals surface area contributed by atoms with Crippen molar-refractivity contribution in [2.24, 2.45) is 0 Å². The number of ketones is 1. The van der Waals surface area contributed by atoms with Crippen LogP contribution in [0.25, 0.3) is 0 Å². The second kappa shape index (κ2) is 5.11. The molecule has 0 aliphatic rings. The van der Waals surface area contributed by atoms with Gasteiger partial charge in [0, 0.05) is 25.9 Å². The Hall–Kier alpha value is -1.71. The third-order valence-corrected chi connectivity index (χ3v) is 1.74. The van der Waals surface area contributed by atoms with Crippen LogP contribution in [0.2, 0.25) is 0 Å². The molecule has 1 aromatic heterocycles. The summed E-state index contributed by atoms with van der Waals surface area (Å²) in [6.07, 6.45) is 4.12. The fourth-order valence-electron chi connectivity index (χ4n) is 0.991. The summed E-state index contributed by atoms with van der Waals surface area (Å²) in [7, 11) is 0. The highest BCUT2D eigenvalue weighted by atomic mass is 16.2. The third-order valence-electron chi connectivity index (χ3n) is 1.74. The van der Waals surface area contributed by atoms with Crippen LogP contribution >= 0.6 is 0 Å². The van der Waals surface area contributed by atoms with E-state index in [0.29, 0.717) is 13.0 Å². The topological polar surface area (TPSA) is 59.1 Å². The Bertz CT molecular complexity index is 322. The number of hydrogen-bond donors (Lipinski definition) is 1. The average molecular weight is 192 g/mol. The quantitative estimate of drug-likeness (QED) is 0.699. The number of hydrogen-bond acceptors (Lipinski definition) is 3. The molecular formula is C10H12N2O2. The molecule has 0 fully saturated rings. The number of carbonyl (C=O) groups is 2. The fourth-order valence-corrected chi connectivity index (χ4v) is 0.991. The molecule has 0 radical (unpaired) electrons. The Labute approximate surface area is 82.3 Å². The Morgan fingerprint density at radius 3 is 2.86 bits per heavy atom. The molecule has 0 saturated heterocycles. The van der Waals surface area contributed by atoms with Crippen LogP contribution in [0.15, 0.2) is 24.5 Å². The van der Waals surface area contributed by atoms with Crippen LogP contribution in [0.4, 0.5) is 0 Å². The van der Waals surface area contributed by atoms with Crippen molar-refractivity contribution in [2.75, 3.05) is 6.54 Å². The van der Waals surface area contributed by atoms with Gasteiger partial charge in [-0.05, 0) is 18.1 Å². The SMILES string of the molecule is CC(=O)C(=O)NCCc1cccnc1. The lowest BCUT2D eigenvalue weighted by Gasteiger charge is -2.01. The van der Waals surface area contributed by atoms with Crippen LogP contribution in [0, 0.1) is 0 Å². The molecule has 0 aromatic carbocycles. The van der Waals surface area contributed by atoms with Gasteiger partial charge in [-0.1, -0.05) is 6.07 Å². The molecule has 0 spiro atoms. The second-order valence-corrected chi connectivity index (χ2v) is 2.92. The van der Waals surface area contributed by atoms with E-state index in [1.165, 1.54) is 6.92 Å². The third kappa shape index (κ3) is 3.35. The first-order chi connectivity index (χ1) is 6.70. The number of amides is 1. The van der Waals surface area contributed by atoms with Gasteiger partial charge in [0.05, 0.1) is 0 Å². The number of nitrogens with one attached hydrogen (secondary N) is 1. The minimum Gasteiger partial charge on any atom is -0.349 e. The standard InChI is InChI=1S/C10H12N2O2/c1-8(13)10(14)12-6-4-9-3-2-5-11-7-9/h2-3,5,7H,4,6H2,1H3,(H,12,14). The van der Waals surface area contributed by atoms with Gasteiger partial charge in [-0.3, -0.25) is 14.6 Å². The second-order valence-electron chi connectivity index (χ2n) is 2.92. The number of aromatic nitrogens is 1. The Morgan fingerprint density at radius 2 is 2.29 bits per heavy atom. The Morgan fingerprint density at radius 1 is 1.50 bits per heavy atom. The maximum Gasteiger partial charge on any atom is 0.287 e. The Balaban J connectivity index is 2.29. The molecule has 0 unspecified atom stereocenters. The molecule has 0 bridgehead atoms. The zero-order valence-corrected chi connectivity index (χ0v) is 7.99. The largest absolute Gasteiger partial charge is 0.349 e. The van der Waals surface area contributed by atoms with Gasteiger partial charge in [0.25, 0.3) is 5.91 Å². The molecular weight excluding hydrogens is 180 g/mol. The van der Waals surface area contributed by atoms with Crippen LogP contribution in [0.1, 0.15) is 12.5 Å². The summed E-state index contributed by atoms with van der Waals surface area (Å²) in [5.74, 6) is -0.995. The molecule has 1 rings (SSSR count). The summed E-state index contributed by atoms with van der Waals surface area (Å²) in [4.78, 5) is 25.4. The first kappa shape index (κ1) is 10.4. The van der Waals surface area contributed by atoms with E-state index < -0.39 is 11.7 Å². The van der Waals surface area contributed by atoms with Crippen LogP contribution < -0.4 is 5.32 Å². The Kier molecular flexibility index (Phi) is 3.79. The lowest BCUT2D eigenvalue weighted by molar-refractivity contribution is -0.136. The lowest BCUT2D eigenvalue weighted by Crippen LogP contribution is -2.30. The molecule has 74 valence electrons. The van der Waals surface area contributed by atoms with E-state index in [-0.39, 0.29) is 0 Å². The molecule has 0 saturated carbocycles. The van der Waals surface area contributed by atoms with E-state index in [4.69, 9.17) is 0 Å². The molecule has 0 aliphatic heterocycles. The smallest absolute Gasteiger partial charge is 0.287 e. The van der Waals surface area contributed by atoms with E-state index >= 15 is 0 Å². The van der Waals surface area contributed by atoms with E-state index in [1.54, 1.807) is 12.4 Å². The number of Topliss-reactive ketones (excluding diaryl/α,β-unsaturated/α-hetero) is 1. The number of pyridine rings is 1. The highest BCUT2D eigenvalue weighted by Gasteiger charge is 2.05. The van der Waals surface area contributed by atoms with Gasteiger partial charge >= 0.3 is 0 Å². The maximum absolute atomic E-state index is 10.9. The first-order valence-electron chi connectivity index (χ1n) is 4.38. The van der Waals surface area contributed by atoms with Crippen LogP contribution in [-0.2, 0) is 16.0 Å². The summed E-state index contributed by atoms with van der Waals surface area (Å²) in [6.45, 7) is 1.71. The molecule has 0 aliphatic carbocycles. The van der Waals surface area contributed by atoms with Gasteiger partial charge in [0.2, 0.25) is 5.78 Å². The van der Waals surface area contributed by atoms with Crippen molar-refractivity contribution in [3.63, 3.8) is 0 Å². The van der Waals surface area contributed by atoms with Gasteiger partial charge < -0.3 is 5.32 Å². The summed E-state index contributed by atoms with van der Waals surface area (Å²) in [6, 6.07) is 3.76. The predicted octanol–water partition coefficient (Wildman–Crippen LogP) is 0.329. The van der Waals surface area contributed by atoms with Crippen molar-refractivity contribution >= 4 is 11.7 Å². The van der Waals surface area contributed by atoms with Gasteiger partial charge in [-0.15, -0.1) is 0 Å². The van der Waals surface area contributed by atoms with Crippen molar-refractivity contribution in [2.45, 2.75) is 13.3 Å². The van der Waals surface area contributed by atoms with Gasteiger partial charge in [-0.2, -0.15) is 0 Å². The molecule has 1 amide bonds. The number of nitrogens with zero attached hydrogens (tertiary/aromatic N) is 1. The molecule has 1 aromatic rings. The molecule has 4 heteroatoms. The number of carbonyl (C=O) groups excluding carboxylic acids is 2. The molecule has 1 heterocycles. The van der Waals surface area contributed by atoms with E-state index in [1.807, 2.05) is 12.1 Å². The van der Waals surface area contributed by atoms with Crippen LogP contribution in [0.5, 0.6) is 0 Å². The van der Waals surface area contributed by atoms with Crippen molar-refractivity contribution in [3.05, 3.63) is 30.1 Å². The number of rotatable bonds is 4. The van der Waals surface area contributed by atoms with Crippen molar-refractivity contribution < 1.29 is 9.59 Å².